The largest absolute Gasteiger partial charge is 0.479 e. The Morgan fingerprint density at radius 1 is 1.45 bits per heavy atom. The molecule has 1 aromatic rings. The van der Waals surface area contributed by atoms with Gasteiger partial charge >= 0.3 is 12.1 Å². The average molecular weight is 309 g/mol. The van der Waals surface area contributed by atoms with Gasteiger partial charge in [-0.05, 0) is 40.5 Å². The van der Waals surface area contributed by atoms with Gasteiger partial charge in [0.1, 0.15) is 5.60 Å². The highest BCUT2D eigenvalue weighted by atomic mass is 16.6. The van der Waals surface area contributed by atoms with Crippen molar-refractivity contribution >= 4 is 12.1 Å². The van der Waals surface area contributed by atoms with Crippen molar-refractivity contribution in [3.8, 4) is 0 Å². The van der Waals surface area contributed by atoms with E-state index in [1.54, 1.807) is 39.4 Å². The van der Waals surface area contributed by atoms with Gasteiger partial charge in [-0.1, -0.05) is 0 Å². The standard InChI is InChI=1S/C15H23N3O4/c1-9-11(8-16-17(9)5)12(13(19)20)18(10-6-7-10)14(21)22-15(2,3)4/h8,10,12H,6-7H2,1-5H3,(H,19,20). The number of carboxylic acid groups (broad SMARTS) is 1. The van der Waals surface area contributed by atoms with Crippen LogP contribution in [0.1, 0.15) is 50.9 Å². The van der Waals surface area contributed by atoms with Crippen molar-refractivity contribution in [1.29, 1.82) is 0 Å². The molecule has 7 nitrogen and oxygen atoms in total. The molecule has 1 atom stereocenters. The second-order valence-corrected chi connectivity index (χ2v) is 6.67. The Labute approximate surface area is 129 Å². The van der Waals surface area contributed by atoms with E-state index in [9.17, 15) is 14.7 Å². The van der Waals surface area contributed by atoms with Gasteiger partial charge in [-0.2, -0.15) is 5.10 Å². The molecule has 7 heteroatoms. The third-order valence-electron chi connectivity index (χ3n) is 3.62. The Morgan fingerprint density at radius 2 is 2.05 bits per heavy atom. The van der Waals surface area contributed by atoms with Crippen LogP contribution in [0.2, 0.25) is 0 Å². The predicted octanol–water partition coefficient (Wildman–Crippen LogP) is 2.25. The summed E-state index contributed by atoms with van der Waals surface area (Å²) >= 11 is 0. The fourth-order valence-electron chi connectivity index (χ4n) is 2.32. The van der Waals surface area contributed by atoms with Crippen LogP contribution < -0.4 is 0 Å². The van der Waals surface area contributed by atoms with Crippen LogP contribution in [0.25, 0.3) is 0 Å². The zero-order valence-corrected chi connectivity index (χ0v) is 13.7. The summed E-state index contributed by atoms with van der Waals surface area (Å²) in [7, 11) is 1.74. The van der Waals surface area contributed by atoms with Crippen molar-refractivity contribution in [3.63, 3.8) is 0 Å². The predicted molar refractivity (Wildman–Crippen MR) is 79.4 cm³/mol. The van der Waals surface area contributed by atoms with Gasteiger partial charge in [0.25, 0.3) is 0 Å². The van der Waals surface area contributed by atoms with Gasteiger partial charge < -0.3 is 9.84 Å². The van der Waals surface area contributed by atoms with E-state index in [2.05, 4.69) is 5.10 Å². The number of carbonyl (C=O) groups is 2. The zero-order valence-electron chi connectivity index (χ0n) is 13.7. The van der Waals surface area contributed by atoms with E-state index in [-0.39, 0.29) is 6.04 Å². The van der Waals surface area contributed by atoms with Gasteiger partial charge in [-0.3, -0.25) is 9.58 Å². The monoisotopic (exact) mass is 309 g/mol. The Balaban J connectivity index is 2.37. The number of ether oxygens (including phenoxy) is 1. The maximum atomic E-state index is 12.5. The molecule has 1 aromatic heterocycles. The van der Waals surface area contributed by atoms with Crippen LogP contribution >= 0.6 is 0 Å². The minimum absolute atomic E-state index is 0.0874. The summed E-state index contributed by atoms with van der Waals surface area (Å²) in [5, 5.41) is 13.8. The van der Waals surface area contributed by atoms with Gasteiger partial charge in [0, 0.05) is 24.3 Å². The van der Waals surface area contributed by atoms with E-state index in [0.29, 0.717) is 5.56 Å². The van der Waals surface area contributed by atoms with Gasteiger partial charge in [0.05, 0.1) is 6.20 Å². The maximum absolute atomic E-state index is 12.5. The van der Waals surface area contributed by atoms with Crippen molar-refractivity contribution in [2.45, 2.75) is 58.2 Å². The smallest absolute Gasteiger partial charge is 0.411 e. The third-order valence-corrected chi connectivity index (χ3v) is 3.62. The van der Waals surface area contributed by atoms with Crippen LogP contribution in [0.15, 0.2) is 6.20 Å². The quantitative estimate of drug-likeness (QED) is 0.922. The molecule has 0 radical (unpaired) electrons. The van der Waals surface area contributed by atoms with Crippen molar-refractivity contribution in [3.05, 3.63) is 17.5 Å². The maximum Gasteiger partial charge on any atom is 0.411 e. The van der Waals surface area contributed by atoms with Crippen LogP contribution in [0, 0.1) is 6.92 Å². The number of carbonyl (C=O) groups excluding carboxylic acids is 1. The molecule has 1 N–H and O–H groups in total. The van der Waals surface area contributed by atoms with Crippen molar-refractivity contribution in [1.82, 2.24) is 14.7 Å². The first kappa shape index (κ1) is 16.3. The van der Waals surface area contributed by atoms with Crippen molar-refractivity contribution in [2.75, 3.05) is 0 Å². The fourth-order valence-corrected chi connectivity index (χ4v) is 2.32. The summed E-state index contributed by atoms with van der Waals surface area (Å²) in [6, 6.07) is -1.16. The normalized spacial score (nSPS) is 16.2. The number of aryl methyl sites for hydroxylation is 1. The molecule has 0 aliphatic heterocycles. The van der Waals surface area contributed by atoms with Crippen LogP contribution in [-0.4, -0.2) is 43.5 Å². The van der Waals surface area contributed by atoms with Gasteiger partial charge in [-0.15, -0.1) is 0 Å². The van der Waals surface area contributed by atoms with E-state index < -0.39 is 23.7 Å². The summed E-state index contributed by atoms with van der Waals surface area (Å²) in [4.78, 5) is 25.7. The lowest BCUT2D eigenvalue weighted by atomic mass is 10.1. The van der Waals surface area contributed by atoms with Crippen LogP contribution in [0.5, 0.6) is 0 Å². The van der Waals surface area contributed by atoms with Gasteiger partial charge in [0.2, 0.25) is 0 Å². The highest BCUT2D eigenvalue weighted by Crippen LogP contribution is 2.36. The van der Waals surface area contributed by atoms with Crippen molar-refractivity contribution < 1.29 is 19.4 Å². The molecule has 2 rings (SSSR count). The molecule has 0 bridgehead atoms. The van der Waals surface area contributed by atoms with Gasteiger partial charge in [-0.25, -0.2) is 9.59 Å². The molecule has 0 aromatic carbocycles. The van der Waals surface area contributed by atoms with E-state index in [4.69, 9.17) is 4.74 Å². The van der Waals surface area contributed by atoms with E-state index in [0.717, 1.165) is 18.5 Å². The molecule has 1 heterocycles. The summed E-state index contributed by atoms with van der Waals surface area (Å²) in [5.41, 5.74) is 0.575. The molecule has 22 heavy (non-hydrogen) atoms. The lowest BCUT2D eigenvalue weighted by Crippen LogP contribution is -2.43. The van der Waals surface area contributed by atoms with Gasteiger partial charge in [0.15, 0.2) is 6.04 Å². The Kier molecular flexibility index (Phi) is 4.17. The first-order valence-corrected chi connectivity index (χ1v) is 7.34. The molecule has 0 saturated heterocycles. The molecule has 1 amide bonds. The highest BCUT2D eigenvalue weighted by Gasteiger charge is 2.44. The van der Waals surface area contributed by atoms with E-state index in [1.165, 1.54) is 11.1 Å². The molecule has 1 unspecified atom stereocenters. The molecule has 1 saturated carbocycles. The first-order valence-electron chi connectivity index (χ1n) is 7.34. The van der Waals surface area contributed by atoms with Crippen LogP contribution in [-0.2, 0) is 16.6 Å². The lowest BCUT2D eigenvalue weighted by Gasteiger charge is -2.31. The first-order chi connectivity index (χ1) is 10.1. The van der Waals surface area contributed by atoms with E-state index in [1.807, 2.05) is 0 Å². The number of hydrogen-bond acceptors (Lipinski definition) is 4. The SMILES string of the molecule is Cc1c(C(C(=O)O)N(C(=O)OC(C)(C)C)C2CC2)cnn1C. The molecule has 1 aliphatic rings. The average Bonchev–Trinajstić information content (AvgIpc) is 3.13. The van der Waals surface area contributed by atoms with Crippen LogP contribution in [0.4, 0.5) is 4.79 Å². The second kappa shape index (κ2) is 5.62. The Hall–Kier alpha value is -2.05. The zero-order chi connectivity index (χ0) is 16.7. The molecule has 122 valence electrons. The molecular formula is C15H23N3O4. The Bertz CT molecular complexity index is 584. The molecule has 1 fully saturated rings. The number of aromatic nitrogens is 2. The summed E-state index contributed by atoms with van der Waals surface area (Å²) in [6.07, 6.45) is 2.50. The number of amides is 1. The molecule has 1 aliphatic carbocycles. The Morgan fingerprint density at radius 3 is 2.41 bits per heavy atom. The highest BCUT2D eigenvalue weighted by molar-refractivity contribution is 5.82. The molecular weight excluding hydrogens is 286 g/mol. The minimum atomic E-state index is -1.08. The van der Waals surface area contributed by atoms with E-state index >= 15 is 0 Å². The number of aliphatic carboxylic acids is 1. The third kappa shape index (κ3) is 3.40. The number of hydrogen-bond donors (Lipinski definition) is 1. The molecule has 0 spiro atoms. The fraction of sp³-hybridized carbons (Fsp3) is 0.667. The number of rotatable bonds is 4. The number of nitrogens with zero attached hydrogens (tertiary/aromatic N) is 3. The number of carboxylic acids is 1. The second-order valence-electron chi connectivity index (χ2n) is 6.67. The summed E-state index contributed by atoms with van der Waals surface area (Å²) < 4.78 is 7.00. The summed E-state index contributed by atoms with van der Waals surface area (Å²) in [5.74, 6) is -1.08. The topological polar surface area (TPSA) is 84.7 Å². The minimum Gasteiger partial charge on any atom is -0.479 e. The van der Waals surface area contributed by atoms with Crippen molar-refractivity contribution in [2.24, 2.45) is 7.05 Å². The lowest BCUT2D eigenvalue weighted by molar-refractivity contribution is -0.143. The van der Waals surface area contributed by atoms with Crippen LogP contribution in [0.3, 0.4) is 0 Å². The summed E-state index contributed by atoms with van der Waals surface area (Å²) in [6.45, 7) is 7.08.